The minimum absolute atomic E-state index is 0.0779. The highest BCUT2D eigenvalue weighted by Crippen LogP contribution is 2.29. The summed E-state index contributed by atoms with van der Waals surface area (Å²) in [7, 11) is -3.57. The van der Waals surface area contributed by atoms with Crippen molar-refractivity contribution in [2.75, 3.05) is 44.7 Å². The van der Waals surface area contributed by atoms with Crippen molar-refractivity contribution in [1.29, 1.82) is 0 Å². The van der Waals surface area contributed by atoms with Crippen molar-refractivity contribution in [3.63, 3.8) is 0 Å². The van der Waals surface area contributed by atoms with Gasteiger partial charge in [-0.1, -0.05) is 28.4 Å². The fourth-order valence-electron chi connectivity index (χ4n) is 4.53. The summed E-state index contributed by atoms with van der Waals surface area (Å²) in [5, 5.41) is 7.93. The molecule has 1 amide bonds. The molecular weight excluding hydrogens is 553 g/mol. The van der Waals surface area contributed by atoms with E-state index in [1.165, 1.54) is 16.4 Å². The molecule has 1 N–H and O–H groups in total. The summed E-state index contributed by atoms with van der Waals surface area (Å²) in [6.07, 6.45) is 1.36. The lowest BCUT2D eigenvalue weighted by molar-refractivity contribution is -0.121. The SMILES string of the molecule is O=C(Nc1ccc(S(=O)(=O)N2CCOCC2)cc1)C1CCN(Cc2nc(-c3ccc(Cl)cc3Cl)no2)CC1. The number of sulfonamides is 1. The number of anilines is 1. The molecule has 13 heteroatoms. The Bertz CT molecular complexity index is 1390. The molecule has 2 saturated heterocycles. The summed E-state index contributed by atoms with van der Waals surface area (Å²) in [6, 6.07) is 11.4. The number of aromatic nitrogens is 2. The van der Waals surface area contributed by atoms with Crippen LogP contribution in [0, 0.1) is 5.92 Å². The van der Waals surface area contributed by atoms with Gasteiger partial charge < -0.3 is 14.6 Å². The van der Waals surface area contributed by atoms with Gasteiger partial charge in [0.2, 0.25) is 27.6 Å². The van der Waals surface area contributed by atoms with Crippen molar-refractivity contribution < 1.29 is 22.5 Å². The number of carbonyl (C=O) groups is 1. The summed E-state index contributed by atoms with van der Waals surface area (Å²) in [6.45, 7) is 3.34. The number of hydrogen-bond acceptors (Lipinski definition) is 8. The normalized spacial score (nSPS) is 17.9. The van der Waals surface area contributed by atoms with Crippen LogP contribution in [0.4, 0.5) is 5.69 Å². The first-order valence-corrected chi connectivity index (χ1v) is 14.5. The Labute approximate surface area is 230 Å². The quantitative estimate of drug-likeness (QED) is 0.447. The maximum atomic E-state index is 12.8. The predicted octanol–water partition coefficient (Wildman–Crippen LogP) is 3.92. The fourth-order valence-corrected chi connectivity index (χ4v) is 6.44. The van der Waals surface area contributed by atoms with E-state index in [1.54, 1.807) is 30.3 Å². The molecule has 1 aromatic heterocycles. The highest BCUT2D eigenvalue weighted by Gasteiger charge is 2.28. The number of carbonyl (C=O) groups excluding carboxylic acids is 1. The van der Waals surface area contributed by atoms with Gasteiger partial charge in [0.1, 0.15) is 0 Å². The van der Waals surface area contributed by atoms with Gasteiger partial charge >= 0.3 is 0 Å². The number of hydrogen-bond donors (Lipinski definition) is 1. The Balaban J connectivity index is 1.11. The van der Waals surface area contributed by atoms with Gasteiger partial charge in [-0.05, 0) is 68.4 Å². The monoisotopic (exact) mass is 579 g/mol. The zero-order chi connectivity index (χ0) is 26.7. The van der Waals surface area contributed by atoms with Crippen LogP contribution in [0.15, 0.2) is 51.9 Å². The number of rotatable bonds is 7. The Kier molecular flexibility index (Phi) is 8.32. The van der Waals surface area contributed by atoms with Crippen molar-refractivity contribution in [2.24, 2.45) is 5.92 Å². The smallest absolute Gasteiger partial charge is 0.243 e. The molecule has 10 nitrogen and oxygen atoms in total. The van der Waals surface area contributed by atoms with Gasteiger partial charge in [0.15, 0.2) is 0 Å². The Morgan fingerprint density at radius 3 is 2.42 bits per heavy atom. The number of amides is 1. The molecule has 5 rings (SSSR count). The van der Waals surface area contributed by atoms with Crippen LogP contribution < -0.4 is 5.32 Å². The molecule has 0 unspecified atom stereocenters. The number of halogens is 2. The molecule has 3 aromatic rings. The van der Waals surface area contributed by atoms with Crippen LogP contribution in [-0.4, -0.2) is 73.1 Å². The average Bonchev–Trinajstić information content (AvgIpc) is 3.38. The van der Waals surface area contributed by atoms with Crippen molar-refractivity contribution in [3.8, 4) is 11.4 Å². The molecule has 2 aliphatic rings. The molecular formula is C25H27Cl2N5O5S. The van der Waals surface area contributed by atoms with Crippen LogP contribution in [0.2, 0.25) is 10.0 Å². The molecule has 2 fully saturated rings. The second-order valence-electron chi connectivity index (χ2n) is 9.22. The highest BCUT2D eigenvalue weighted by molar-refractivity contribution is 7.89. The van der Waals surface area contributed by atoms with Crippen LogP contribution in [0.25, 0.3) is 11.4 Å². The number of ether oxygens (including phenoxy) is 1. The van der Waals surface area contributed by atoms with E-state index in [0.29, 0.717) is 91.8 Å². The van der Waals surface area contributed by atoms with E-state index >= 15 is 0 Å². The minimum atomic E-state index is -3.57. The number of morpholine rings is 1. The topological polar surface area (TPSA) is 118 Å². The van der Waals surface area contributed by atoms with Crippen LogP contribution in [0.1, 0.15) is 18.7 Å². The molecule has 3 heterocycles. The van der Waals surface area contributed by atoms with Gasteiger partial charge in [-0.3, -0.25) is 9.69 Å². The second kappa shape index (κ2) is 11.7. The van der Waals surface area contributed by atoms with Crippen LogP contribution in [0.5, 0.6) is 0 Å². The van der Waals surface area contributed by atoms with Gasteiger partial charge in [-0.2, -0.15) is 9.29 Å². The number of nitrogens with one attached hydrogen (secondary N) is 1. The zero-order valence-electron chi connectivity index (χ0n) is 20.5. The number of likely N-dealkylation sites (tertiary alicyclic amines) is 1. The van der Waals surface area contributed by atoms with Gasteiger partial charge in [-0.25, -0.2) is 8.42 Å². The molecule has 0 spiro atoms. The van der Waals surface area contributed by atoms with Gasteiger partial charge in [-0.15, -0.1) is 0 Å². The van der Waals surface area contributed by atoms with E-state index in [-0.39, 0.29) is 16.7 Å². The summed E-state index contributed by atoms with van der Waals surface area (Å²) in [4.78, 5) is 19.7. The Hall–Kier alpha value is -2.54. The summed E-state index contributed by atoms with van der Waals surface area (Å²) >= 11 is 12.2. The number of nitrogens with zero attached hydrogens (tertiary/aromatic N) is 4. The lowest BCUT2D eigenvalue weighted by atomic mass is 9.96. The predicted molar refractivity (Wildman–Crippen MR) is 142 cm³/mol. The minimum Gasteiger partial charge on any atom is -0.379 e. The molecule has 0 atom stereocenters. The molecule has 0 aliphatic carbocycles. The number of benzene rings is 2. The number of piperidine rings is 1. The summed E-state index contributed by atoms with van der Waals surface area (Å²) < 4.78 is 37.6. The third-order valence-corrected chi connectivity index (χ3v) is 9.15. The molecule has 2 aromatic carbocycles. The Morgan fingerprint density at radius 1 is 1.03 bits per heavy atom. The van der Waals surface area contributed by atoms with E-state index < -0.39 is 10.0 Å². The fraction of sp³-hybridized carbons (Fsp3) is 0.400. The van der Waals surface area contributed by atoms with E-state index in [9.17, 15) is 13.2 Å². The van der Waals surface area contributed by atoms with Crippen molar-refractivity contribution in [2.45, 2.75) is 24.3 Å². The zero-order valence-corrected chi connectivity index (χ0v) is 22.8. The van der Waals surface area contributed by atoms with Crippen LogP contribution in [-0.2, 0) is 26.1 Å². The Morgan fingerprint density at radius 2 is 1.74 bits per heavy atom. The van der Waals surface area contributed by atoms with E-state index in [0.717, 1.165) is 0 Å². The standard InChI is InChI=1S/C25H27Cl2N5O5S/c26-18-1-6-21(22(27)15-18)24-29-23(37-30-24)16-31-9-7-17(8-10-31)25(33)28-19-2-4-20(5-3-19)38(34,35)32-11-13-36-14-12-32/h1-6,15,17H,7-14,16H2,(H,28,33). The summed E-state index contributed by atoms with van der Waals surface area (Å²) in [5.74, 6) is 0.653. The van der Waals surface area contributed by atoms with E-state index in [4.69, 9.17) is 32.5 Å². The lowest BCUT2D eigenvalue weighted by Crippen LogP contribution is -2.40. The average molecular weight is 580 g/mol. The lowest BCUT2D eigenvalue weighted by Gasteiger charge is -2.30. The van der Waals surface area contributed by atoms with Gasteiger partial charge in [0.25, 0.3) is 0 Å². The molecule has 0 bridgehead atoms. The van der Waals surface area contributed by atoms with Crippen molar-refractivity contribution in [1.82, 2.24) is 19.3 Å². The molecule has 0 radical (unpaired) electrons. The third kappa shape index (κ3) is 6.19. The molecule has 38 heavy (non-hydrogen) atoms. The molecule has 0 saturated carbocycles. The summed E-state index contributed by atoms with van der Waals surface area (Å²) in [5.41, 5.74) is 1.21. The largest absolute Gasteiger partial charge is 0.379 e. The van der Waals surface area contributed by atoms with Gasteiger partial charge in [0.05, 0.1) is 29.7 Å². The molecule has 2 aliphatic heterocycles. The molecule has 202 valence electrons. The van der Waals surface area contributed by atoms with Crippen LogP contribution >= 0.6 is 23.2 Å². The van der Waals surface area contributed by atoms with Crippen molar-refractivity contribution in [3.05, 3.63) is 58.4 Å². The maximum Gasteiger partial charge on any atom is 0.243 e. The first kappa shape index (κ1) is 27.0. The second-order valence-corrected chi connectivity index (χ2v) is 12.0. The first-order chi connectivity index (χ1) is 18.3. The maximum absolute atomic E-state index is 12.8. The van der Waals surface area contributed by atoms with E-state index in [1.807, 2.05) is 0 Å². The van der Waals surface area contributed by atoms with Crippen LogP contribution in [0.3, 0.4) is 0 Å². The third-order valence-electron chi connectivity index (χ3n) is 6.69. The first-order valence-electron chi connectivity index (χ1n) is 12.3. The van der Waals surface area contributed by atoms with Gasteiger partial charge in [0, 0.05) is 35.3 Å². The highest BCUT2D eigenvalue weighted by atomic mass is 35.5. The van der Waals surface area contributed by atoms with Crippen molar-refractivity contribution >= 4 is 44.8 Å². The van der Waals surface area contributed by atoms with E-state index in [2.05, 4.69) is 20.4 Å².